The van der Waals surface area contributed by atoms with Gasteiger partial charge >= 0.3 is 5.97 Å². The maximum absolute atomic E-state index is 12.8. The number of rotatable bonds is 8. The summed E-state index contributed by atoms with van der Waals surface area (Å²) in [6.07, 6.45) is -4.88. The zero-order valence-corrected chi connectivity index (χ0v) is 21.5. The Hall–Kier alpha value is -4.69. The Morgan fingerprint density at radius 3 is 2.20 bits per heavy atom. The van der Waals surface area contributed by atoms with Crippen molar-refractivity contribution in [2.45, 2.75) is 30.7 Å². The van der Waals surface area contributed by atoms with Gasteiger partial charge in [-0.05, 0) is 47.5 Å². The first-order valence-electron chi connectivity index (χ1n) is 12.1. The zero-order valence-electron chi connectivity index (χ0n) is 21.5. The predicted octanol–water partition coefficient (Wildman–Crippen LogP) is 1.44. The third-order valence-electron chi connectivity index (χ3n) is 6.21. The molecule has 0 bridgehead atoms. The largest absolute Gasteiger partial charge is 0.508 e. The van der Waals surface area contributed by atoms with Crippen LogP contribution in [0.15, 0.2) is 48.5 Å². The lowest BCUT2D eigenvalue weighted by Gasteiger charge is -2.41. The SMILES string of the molecule is COc1ccc(/C=C\c2cc(O)cc(O[C@H]3O[C@@H](CO)[C@@H](O)[C@H](O)[C@H]3OC(=O)c3cc(O)c(O)c(O)c3)c2)cc1O. The first kappa shape index (κ1) is 29.3. The minimum absolute atomic E-state index is 0.00604. The van der Waals surface area contributed by atoms with Crippen LogP contribution in [-0.4, -0.2) is 91.2 Å². The molecule has 1 saturated heterocycles. The molecule has 8 N–H and O–H groups in total. The van der Waals surface area contributed by atoms with Gasteiger partial charge in [0.25, 0.3) is 0 Å². The van der Waals surface area contributed by atoms with Crippen molar-refractivity contribution in [1.82, 2.24) is 0 Å². The summed E-state index contributed by atoms with van der Waals surface area (Å²) in [5.41, 5.74) is 0.650. The van der Waals surface area contributed by atoms with Crippen LogP contribution in [0.1, 0.15) is 21.5 Å². The van der Waals surface area contributed by atoms with Crippen molar-refractivity contribution < 1.29 is 64.6 Å². The van der Waals surface area contributed by atoms with Crippen LogP contribution in [0.4, 0.5) is 0 Å². The molecule has 218 valence electrons. The van der Waals surface area contributed by atoms with Crippen molar-refractivity contribution in [3.63, 3.8) is 0 Å². The van der Waals surface area contributed by atoms with Gasteiger partial charge in [-0.15, -0.1) is 0 Å². The minimum Gasteiger partial charge on any atom is -0.508 e. The Labute approximate surface area is 232 Å². The van der Waals surface area contributed by atoms with Gasteiger partial charge in [0.1, 0.15) is 29.8 Å². The summed E-state index contributed by atoms with van der Waals surface area (Å²) >= 11 is 0. The van der Waals surface area contributed by atoms with E-state index in [4.69, 9.17) is 18.9 Å². The number of methoxy groups -OCH3 is 1. The molecular formula is C28H28O13. The fourth-order valence-corrected chi connectivity index (χ4v) is 4.10. The van der Waals surface area contributed by atoms with Crippen molar-refractivity contribution in [3.8, 4) is 40.2 Å². The van der Waals surface area contributed by atoms with E-state index in [0.717, 1.165) is 12.1 Å². The molecule has 1 fully saturated rings. The lowest BCUT2D eigenvalue weighted by molar-refractivity contribution is -0.276. The van der Waals surface area contributed by atoms with E-state index in [1.807, 2.05) is 0 Å². The van der Waals surface area contributed by atoms with Crippen LogP contribution in [0.3, 0.4) is 0 Å². The van der Waals surface area contributed by atoms with Gasteiger partial charge in [-0.2, -0.15) is 0 Å². The van der Waals surface area contributed by atoms with E-state index < -0.39 is 66.1 Å². The van der Waals surface area contributed by atoms with Gasteiger partial charge in [0.15, 0.2) is 34.9 Å². The molecule has 0 spiro atoms. The Bertz CT molecular complexity index is 1410. The molecule has 0 aromatic heterocycles. The summed E-state index contributed by atoms with van der Waals surface area (Å²) in [5.74, 6) is -3.67. The first-order valence-corrected chi connectivity index (χ1v) is 12.1. The van der Waals surface area contributed by atoms with Crippen LogP contribution in [0.25, 0.3) is 12.2 Å². The summed E-state index contributed by atoms with van der Waals surface area (Å²) in [6, 6.07) is 10.5. The van der Waals surface area contributed by atoms with Crippen LogP contribution in [0, 0.1) is 0 Å². The second kappa shape index (κ2) is 12.2. The number of benzene rings is 3. The third-order valence-corrected chi connectivity index (χ3v) is 6.21. The fourth-order valence-electron chi connectivity index (χ4n) is 4.10. The number of ether oxygens (including phenoxy) is 4. The topological polar surface area (TPSA) is 216 Å². The number of hydrogen-bond donors (Lipinski definition) is 8. The number of hydrogen-bond acceptors (Lipinski definition) is 13. The molecule has 1 heterocycles. The molecule has 13 heteroatoms. The fraction of sp³-hybridized carbons (Fsp3) is 0.250. The molecular weight excluding hydrogens is 544 g/mol. The van der Waals surface area contributed by atoms with Gasteiger partial charge in [-0.25, -0.2) is 4.79 Å². The maximum atomic E-state index is 12.8. The van der Waals surface area contributed by atoms with Crippen LogP contribution < -0.4 is 9.47 Å². The molecule has 3 aromatic carbocycles. The van der Waals surface area contributed by atoms with Crippen molar-refractivity contribution >= 4 is 18.1 Å². The summed E-state index contributed by atoms with van der Waals surface area (Å²) in [6.45, 7) is -0.721. The van der Waals surface area contributed by atoms with E-state index in [-0.39, 0.29) is 17.2 Å². The highest BCUT2D eigenvalue weighted by atomic mass is 16.7. The molecule has 5 atom stereocenters. The Balaban J connectivity index is 1.58. The first-order chi connectivity index (χ1) is 19.5. The van der Waals surface area contributed by atoms with Crippen LogP contribution in [0.2, 0.25) is 0 Å². The van der Waals surface area contributed by atoms with E-state index >= 15 is 0 Å². The van der Waals surface area contributed by atoms with Gasteiger partial charge in [0, 0.05) is 6.07 Å². The molecule has 1 aliphatic rings. The standard InChI is InChI=1S/C28H28O13/c1-38-21-5-4-13(8-18(21)31)2-3-14-6-16(30)11-17(7-14)39-28-26(25(36)24(35)22(12-29)40-28)41-27(37)15-9-19(32)23(34)20(33)10-15/h2-11,22,24-26,28-36H,12H2,1H3/b3-2-/t22-,24+,25-,26+,28-/m0/s1. The second-order valence-corrected chi connectivity index (χ2v) is 9.08. The Morgan fingerprint density at radius 1 is 0.878 bits per heavy atom. The summed E-state index contributed by atoms with van der Waals surface area (Å²) in [5, 5.41) is 79.8. The average Bonchev–Trinajstić information content (AvgIpc) is 2.93. The number of phenolic OH excluding ortho intramolecular Hbond substituents is 5. The molecule has 0 unspecified atom stereocenters. The molecule has 1 aliphatic heterocycles. The van der Waals surface area contributed by atoms with Gasteiger partial charge in [-0.3, -0.25) is 0 Å². The summed E-state index contributed by atoms with van der Waals surface area (Å²) < 4.78 is 21.6. The van der Waals surface area contributed by atoms with E-state index in [2.05, 4.69) is 0 Å². The van der Waals surface area contributed by atoms with E-state index in [1.165, 1.54) is 31.4 Å². The zero-order chi connectivity index (χ0) is 29.8. The van der Waals surface area contributed by atoms with Crippen LogP contribution in [-0.2, 0) is 9.47 Å². The second-order valence-electron chi connectivity index (χ2n) is 9.08. The smallest absolute Gasteiger partial charge is 0.339 e. The van der Waals surface area contributed by atoms with Gasteiger partial charge in [-0.1, -0.05) is 18.2 Å². The quantitative estimate of drug-likeness (QED) is 0.109. The molecule has 3 aromatic rings. The lowest BCUT2D eigenvalue weighted by atomic mass is 9.99. The molecule has 41 heavy (non-hydrogen) atoms. The number of carbonyl (C=O) groups excluding carboxylic acids is 1. The highest BCUT2D eigenvalue weighted by molar-refractivity contribution is 5.91. The summed E-state index contributed by atoms with van der Waals surface area (Å²) in [4.78, 5) is 12.8. The molecule has 0 radical (unpaired) electrons. The van der Waals surface area contributed by atoms with Gasteiger partial charge in [0.05, 0.1) is 19.3 Å². The van der Waals surface area contributed by atoms with Crippen molar-refractivity contribution in [2.75, 3.05) is 13.7 Å². The number of carbonyl (C=O) groups is 1. The van der Waals surface area contributed by atoms with Crippen LogP contribution in [0.5, 0.6) is 40.2 Å². The van der Waals surface area contributed by atoms with E-state index in [0.29, 0.717) is 16.9 Å². The summed E-state index contributed by atoms with van der Waals surface area (Å²) in [7, 11) is 1.42. The normalized spacial score (nSPS) is 22.4. The number of phenols is 5. The maximum Gasteiger partial charge on any atom is 0.339 e. The third kappa shape index (κ3) is 6.56. The number of aromatic hydroxyl groups is 5. The molecule has 0 amide bonds. The number of aliphatic hydroxyl groups excluding tert-OH is 3. The Kier molecular flexibility index (Phi) is 8.74. The molecule has 4 rings (SSSR count). The van der Waals surface area contributed by atoms with Gasteiger partial charge < -0.3 is 59.8 Å². The highest BCUT2D eigenvalue weighted by Gasteiger charge is 2.48. The lowest BCUT2D eigenvalue weighted by Crippen LogP contribution is -2.61. The predicted molar refractivity (Wildman–Crippen MR) is 141 cm³/mol. The van der Waals surface area contributed by atoms with Crippen molar-refractivity contribution in [2.24, 2.45) is 0 Å². The molecule has 13 nitrogen and oxygen atoms in total. The number of aliphatic hydroxyl groups is 3. The van der Waals surface area contributed by atoms with Gasteiger partial charge in [0.2, 0.25) is 6.29 Å². The van der Waals surface area contributed by atoms with Crippen molar-refractivity contribution in [3.05, 3.63) is 65.2 Å². The average molecular weight is 573 g/mol. The van der Waals surface area contributed by atoms with E-state index in [1.54, 1.807) is 24.3 Å². The Morgan fingerprint density at radius 2 is 1.56 bits per heavy atom. The van der Waals surface area contributed by atoms with Crippen LogP contribution >= 0.6 is 0 Å². The van der Waals surface area contributed by atoms with E-state index in [9.17, 15) is 45.6 Å². The monoisotopic (exact) mass is 572 g/mol. The highest BCUT2D eigenvalue weighted by Crippen LogP contribution is 2.36. The number of esters is 1. The molecule has 0 aliphatic carbocycles. The molecule has 0 saturated carbocycles. The van der Waals surface area contributed by atoms with Crippen molar-refractivity contribution in [1.29, 1.82) is 0 Å². The minimum atomic E-state index is -1.81.